The third kappa shape index (κ3) is 14.6. The number of fused-ring (bicyclic) bond motifs is 19. The molecule has 8 heterocycles. The fourth-order valence-electron chi connectivity index (χ4n) is 21.7. The van der Waals surface area contributed by atoms with E-state index in [1.54, 1.807) is 0 Å². The van der Waals surface area contributed by atoms with Gasteiger partial charge in [0.2, 0.25) is 5.95 Å². The van der Waals surface area contributed by atoms with E-state index in [9.17, 15) is 0 Å². The summed E-state index contributed by atoms with van der Waals surface area (Å²) < 4.78 is 14.8. The Labute approximate surface area is 837 Å². The zero-order valence-corrected chi connectivity index (χ0v) is 80.7. The van der Waals surface area contributed by atoms with Crippen LogP contribution in [0.2, 0.25) is 0 Å². The highest BCUT2D eigenvalue weighted by Gasteiger charge is 2.42. The first kappa shape index (κ1) is 84.5. The van der Waals surface area contributed by atoms with Gasteiger partial charge in [-0.1, -0.05) is 413 Å². The molecule has 29 rings (SSSR count). The van der Waals surface area contributed by atoms with Crippen LogP contribution in [0.15, 0.2) is 510 Å². The van der Waals surface area contributed by atoms with Crippen LogP contribution in [0.3, 0.4) is 0 Å². The van der Waals surface area contributed by atoms with Gasteiger partial charge in [0, 0.05) is 121 Å². The molecule has 0 bridgehead atoms. The molecule has 0 radical (unpaired) electrons. The van der Waals surface area contributed by atoms with Gasteiger partial charge in [-0.05, 0) is 157 Å². The Hall–Kier alpha value is -17.8. The van der Waals surface area contributed by atoms with Gasteiger partial charge in [0.1, 0.15) is 5.69 Å². The van der Waals surface area contributed by atoms with Crippen LogP contribution in [0.25, 0.3) is 233 Å². The molecule has 0 saturated heterocycles. The minimum atomic E-state index is -2.64. The minimum absolute atomic E-state index is 0.583. The second-order valence-electron chi connectivity index (χ2n) is 36.3. The summed E-state index contributed by atoms with van der Waals surface area (Å²) >= 11 is 5.62. The van der Waals surface area contributed by atoms with Gasteiger partial charge in [-0.25, -0.2) is 15.0 Å². The predicted octanol–water partition coefficient (Wildman–Crippen LogP) is 32.6. The average molecular weight is 1890 g/mol. The fourth-order valence-corrected chi connectivity index (χ4v) is 30.0. The van der Waals surface area contributed by atoms with Crippen molar-refractivity contribution in [2.24, 2.45) is 0 Å². The predicted molar refractivity (Wildman–Crippen MR) is 609 cm³/mol. The first-order valence-corrected chi connectivity index (χ1v) is 52.8. The maximum absolute atomic E-state index is 5.28. The number of benzene rings is 21. The molecular formula is C131H84N8S3Si. The molecule has 0 aliphatic carbocycles. The smallest absolute Gasteiger partial charge is 0.238 e. The first-order valence-electron chi connectivity index (χ1n) is 48.3. The molecule has 29 aromatic rings. The summed E-state index contributed by atoms with van der Waals surface area (Å²) in [4.78, 5) is 25.8. The van der Waals surface area contributed by atoms with Crippen LogP contribution in [0, 0.1) is 0 Å². The van der Waals surface area contributed by atoms with Crippen LogP contribution < -0.4 is 20.7 Å². The van der Waals surface area contributed by atoms with Gasteiger partial charge < -0.3 is 4.57 Å². The van der Waals surface area contributed by atoms with Crippen molar-refractivity contribution in [1.82, 2.24) is 38.6 Å². The van der Waals surface area contributed by atoms with Gasteiger partial charge in [-0.15, -0.1) is 34.0 Å². The van der Waals surface area contributed by atoms with Gasteiger partial charge in [-0.3, -0.25) is 9.13 Å². The second-order valence-corrected chi connectivity index (χ2v) is 43.3. The lowest BCUT2D eigenvalue weighted by Crippen LogP contribution is -2.74. The Balaban J connectivity index is 0.000000108. The Kier molecular flexibility index (Phi) is 21.0. The monoisotopic (exact) mass is 1890 g/mol. The van der Waals surface area contributed by atoms with Crippen molar-refractivity contribution in [3.05, 3.63) is 510 Å². The molecule has 0 saturated carbocycles. The Morgan fingerprint density at radius 3 is 1.19 bits per heavy atom. The maximum atomic E-state index is 5.28. The van der Waals surface area contributed by atoms with Gasteiger partial charge >= 0.3 is 0 Å². The van der Waals surface area contributed by atoms with Crippen LogP contribution in [-0.4, -0.2) is 46.7 Å². The molecular weight excluding hydrogens is 1810 g/mol. The maximum Gasteiger partial charge on any atom is 0.238 e. The number of para-hydroxylation sites is 5. The van der Waals surface area contributed by atoms with Crippen molar-refractivity contribution >= 4 is 200 Å². The molecule has 21 aromatic carbocycles. The summed E-state index contributed by atoms with van der Waals surface area (Å²) in [5.41, 5.74) is 23.2. The highest BCUT2D eigenvalue weighted by Crippen LogP contribution is 2.49. The third-order valence-corrected chi connectivity index (χ3v) is 36.6. The SMILES string of the molecule is c1ccc(-c2ccc3c4ccc(-c5cccc6c5sc5ccccc56)cc4n(-c4nc(-c5ccccc5)nc(-c5ccccc5)n4)c3c2)cc1.c1ccc(-c2nc3ccccc3nc2-n2c3ccccc3c3c(-c4cccc5c4sc4ccccc45)cccc32)cc1.c1ccc(-n2c3ccccc3c3cc(-c4ccc5sc6ccc([Si](c7ccccc7)(c7ccccc7)c7ccccc7)cc6c5c4)ccc32)cc1. The lowest BCUT2D eigenvalue weighted by atomic mass is 9.98. The summed E-state index contributed by atoms with van der Waals surface area (Å²) in [5, 5.41) is 20.7. The number of hydrogen-bond donors (Lipinski definition) is 0. The minimum Gasteiger partial charge on any atom is -0.309 e. The van der Waals surface area contributed by atoms with Crippen LogP contribution in [0.4, 0.5) is 0 Å². The molecule has 12 heteroatoms. The average Bonchev–Trinajstić information content (AvgIpc) is 1.66. The van der Waals surface area contributed by atoms with E-state index in [0.29, 0.717) is 17.6 Å². The number of nitrogens with zero attached hydrogens (tertiary/aromatic N) is 8. The molecule has 0 atom stereocenters. The van der Waals surface area contributed by atoms with Crippen molar-refractivity contribution in [2.75, 3.05) is 0 Å². The van der Waals surface area contributed by atoms with E-state index in [1.165, 1.54) is 147 Å². The van der Waals surface area contributed by atoms with Gasteiger partial charge in [0.25, 0.3) is 0 Å². The Morgan fingerprint density at radius 1 is 0.189 bits per heavy atom. The van der Waals surface area contributed by atoms with E-state index in [1.807, 2.05) is 101 Å². The van der Waals surface area contributed by atoms with Crippen molar-refractivity contribution in [3.8, 4) is 96.0 Å². The van der Waals surface area contributed by atoms with Crippen LogP contribution >= 0.6 is 34.0 Å². The zero-order chi connectivity index (χ0) is 94.4. The summed E-state index contributed by atoms with van der Waals surface area (Å²) in [6.45, 7) is 0. The number of hydrogen-bond acceptors (Lipinski definition) is 8. The topological polar surface area (TPSA) is 79.2 Å². The normalized spacial score (nSPS) is 11.8. The van der Waals surface area contributed by atoms with E-state index in [0.717, 1.165) is 88.8 Å². The summed E-state index contributed by atoms with van der Waals surface area (Å²) in [6, 6.07) is 183. The van der Waals surface area contributed by atoms with E-state index in [-0.39, 0.29) is 0 Å². The van der Waals surface area contributed by atoms with Crippen LogP contribution in [-0.2, 0) is 0 Å². The standard InChI is InChI=1S/C48H33NSSi.C45H28N4S.C38H23N3S/c1-5-15-36(16-6-1)49-45-24-14-13-23-41(45)42-31-34(25-28-46(42)49)35-26-29-47-43(32-35)44-33-40(27-30-48(44)50-47)51(37-17-7-2-8-18-37,38-19-9-3-10-20-38)39-21-11-4-12-22-39;1-4-13-29(14-5-1)32-23-25-35-36-26-24-33(34-20-12-21-38-37-19-10-11-22-41(37)50-42(34)38)28-40(36)49(39(35)27-32)45-47-43(30-15-6-2-7-16-30)46-44(48-45)31-17-8-3-9-18-31;1-2-12-24(13-3-1)36-38(40-31-20-7-6-19-30(31)39-36)41-32-21-8-4-15-29(32)35-26(16-11-22-33(35)41)28-18-10-17-27-25-14-5-9-23-34(25)42-37(27)28/h1-33H;1-28H;1-23H. The van der Waals surface area contributed by atoms with Crippen molar-refractivity contribution < 1.29 is 0 Å². The van der Waals surface area contributed by atoms with Crippen molar-refractivity contribution in [1.29, 1.82) is 0 Å². The summed E-state index contributed by atoms with van der Waals surface area (Å²) in [6.07, 6.45) is 0. The molecule has 670 valence electrons. The second kappa shape index (κ2) is 35.6. The molecule has 0 fully saturated rings. The van der Waals surface area contributed by atoms with E-state index in [2.05, 4.69) is 457 Å². The van der Waals surface area contributed by atoms with Gasteiger partial charge in [-0.2, -0.15) is 9.97 Å². The number of aromatic nitrogens is 8. The molecule has 0 aliphatic heterocycles. The molecule has 143 heavy (non-hydrogen) atoms. The van der Waals surface area contributed by atoms with Gasteiger partial charge in [0.05, 0.1) is 44.1 Å². The van der Waals surface area contributed by atoms with Crippen molar-refractivity contribution in [2.45, 2.75) is 0 Å². The Bertz CT molecular complexity index is 9820. The molecule has 0 unspecified atom stereocenters. The molecule has 8 aromatic heterocycles. The summed E-state index contributed by atoms with van der Waals surface area (Å²) in [7, 11) is -2.64. The third-order valence-electron chi connectivity index (χ3n) is 28.2. The highest BCUT2D eigenvalue weighted by molar-refractivity contribution is 7.27. The fraction of sp³-hybridized carbons (Fsp3) is 0. The molecule has 0 aliphatic rings. The Morgan fingerprint density at radius 2 is 0.587 bits per heavy atom. The van der Waals surface area contributed by atoms with E-state index >= 15 is 0 Å². The number of rotatable bonds is 14. The molecule has 8 nitrogen and oxygen atoms in total. The van der Waals surface area contributed by atoms with Gasteiger partial charge in [0.15, 0.2) is 25.5 Å². The lowest BCUT2D eigenvalue weighted by Gasteiger charge is -2.34. The zero-order valence-electron chi connectivity index (χ0n) is 77.3. The van der Waals surface area contributed by atoms with E-state index < -0.39 is 8.07 Å². The van der Waals surface area contributed by atoms with Crippen LogP contribution in [0.5, 0.6) is 0 Å². The number of thiophene rings is 3. The molecule has 0 spiro atoms. The van der Waals surface area contributed by atoms with E-state index in [4.69, 9.17) is 24.9 Å². The summed E-state index contributed by atoms with van der Waals surface area (Å²) in [5.74, 6) is 2.69. The quantitative estimate of drug-likeness (QED) is 0.0801. The van der Waals surface area contributed by atoms with Crippen LogP contribution in [0.1, 0.15) is 0 Å². The largest absolute Gasteiger partial charge is 0.309 e. The lowest BCUT2D eigenvalue weighted by molar-refractivity contribution is 0.953. The molecule has 0 amide bonds. The first-order chi connectivity index (χ1) is 70.9. The highest BCUT2D eigenvalue weighted by atomic mass is 32.1. The molecule has 0 N–H and O–H groups in total. The van der Waals surface area contributed by atoms with Crippen molar-refractivity contribution in [3.63, 3.8) is 0 Å².